The fourth-order valence-corrected chi connectivity index (χ4v) is 3.52. The Labute approximate surface area is 151 Å². The van der Waals surface area contributed by atoms with Crippen LogP contribution in [0.2, 0.25) is 5.02 Å². The average Bonchev–Trinajstić information content (AvgIpc) is 3.00. The Balaban J connectivity index is 1.61. The summed E-state index contributed by atoms with van der Waals surface area (Å²) in [5.41, 5.74) is 1.80. The van der Waals surface area contributed by atoms with Gasteiger partial charge in [0.05, 0.1) is 16.8 Å². The van der Waals surface area contributed by atoms with Gasteiger partial charge in [-0.3, -0.25) is 14.4 Å². The van der Waals surface area contributed by atoms with E-state index in [9.17, 15) is 4.79 Å². The molecule has 0 spiro atoms. The summed E-state index contributed by atoms with van der Waals surface area (Å²) < 4.78 is 1.82. The Hall–Kier alpha value is -1.50. The van der Waals surface area contributed by atoms with E-state index in [4.69, 9.17) is 11.6 Å². The average molecular weight is 365 g/mol. The van der Waals surface area contributed by atoms with Crippen molar-refractivity contribution in [2.45, 2.75) is 11.4 Å². The monoisotopic (exact) mass is 364 g/mol. The second kappa shape index (κ2) is 7.59. The molecule has 7 heteroatoms. The fourth-order valence-electron chi connectivity index (χ4n) is 2.89. The molecule has 0 atom stereocenters. The number of nitrogens with zero attached hydrogens (tertiary/aromatic N) is 4. The van der Waals surface area contributed by atoms with Crippen LogP contribution in [0.4, 0.5) is 0 Å². The number of aryl methyl sites for hydroxylation is 1. The SMILES string of the molecule is CSc1ccc(Cl)c(C(=O)N2CCN(Cc3cnn(C)c3)CC2)c1. The molecule has 0 saturated carbocycles. The number of rotatable bonds is 4. The topological polar surface area (TPSA) is 41.4 Å². The largest absolute Gasteiger partial charge is 0.336 e. The second-order valence-corrected chi connectivity index (χ2v) is 7.22. The van der Waals surface area contributed by atoms with Crippen molar-refractivity contribution < 1.29 is 4.79 Å². The van der Waals surface area contributed by atoms with Gasteiger partial charge in [-0.2, -0.15) is 5.10 Å². The summed E-state index contributed by atoms with van der Waals surface area (Å²) in [4.78, 5) is 18.1. The first-order chi connectivity index (χ1) is 11.6. The van der Waals surface area contributed by atoms with E-state index in [-0.39, 0.29) is 5.91 Å². The Bertz CT molecular complexity index is 725. The molecule has 24 heavy (non-hydrogen) atoms. The molecule has 0 unspecified atom stereocenters. The Morgan fingerprint density at radius 1 is 1.29 bits per heavy atom. The van der Waals surface area contributed by atoms with Crippen LogP contribution in [0.1, 0.15) is 15.9 Å². The molecule has 1 aromatic heterocycles. The number of aromatic nitrogens is 2. The highest BCUT2D eigenvalue weighted by Crippen LogP contribution is 2.24. The van der Waals surface area contributed by atoms with E-state index < -0.39 is 0 Å². The molecule has 1 aliphatic heterocycles. The van der Waals surface area contributed by atoms with E-state index >= 15 is 0 Å². The molecule has 1 aliphatic rings. The molecule has 5 nitrogen and oxygen atoms in total. The first-order valence-electron chi connectivity index (χ1n) is 7.89. The molecule has 0 bridgehead atoms. The van der Waals surface area contributed by atoms with Crippen molar-refractivity contribution in [3.05, 3.63) is 46.7 Å². The highest BCUT2D eigenvalue weighted by molar-refractivity contribution is 7.98. The van der Waals surface area contributed by atoms with Crippen LogP contribution < -0.4 is 0 Å². The molecule has 3 rings (SSSR count). The van der Waals surface area contributed by atoms with Crippen LogP contribution in [0, 0.1) is 0 Å². The lowest BCUT2D eigenvalue weighted by atomic mass is 10.1. The fraction of sp³-hybridized carbons (Fsp3) is 0.412. The third-order valence-corrected chi connectivity index (χ3v) is 5.28. The maximum atomic E-state index is 12.8. The lowest BCUT2D eigenvalue weighted by Crippen LogP contribution is -2.48. The zero-order valence-electron chi connectivity index (χ0n) is 13.9. The molecular weight excluding hydrogens is 344 g/mol. The maximum absolute atomic E-state index is 12.8. The molecule has 0 aliphatic carbocycles. The summed E-state index contributed by atoms with van der Waals surface area (Å²) in [7, 11) is 1.92. The number of hydrogen-bond acceptors (Lipinski definition) is 4. The first kappa shape index (κ1) is 17.3. The predicted octanol–water partition coefficient (Wildman–Crippen LogP) is 2.75. The molecule has 1 saturated heterocycles. The third-order valence-electron chi connectivity index (χ3n) is 4.23. The van der Waals surface area contributed by atoms with Gasteiger partial charge >= 0.3 is 0 Å². The standard InChI is InChI=1S/C17H21ClN4OS/c1-20-11-13(10-19-20)12-21-5-7-22(8-6-21)17(23)15-9-14(24-2)3-4-16(15)18/h3-4,9-11H,5-8,12H2,1-2H3. The van der Waals surface area contributed by atoms with Crippen LogP contribution >= 0.6 is 23.4 Å². The maximum Gasteiger partial charge on any atom is 0.255 e. The number of amides is 1. The van der Waals surface area contributed by atoms with Crippen molar-refractivity contribution >= 4 is 29.3 Å². The Morgan fingerprint density at radius 2 is 2.04 bits per heavy atom. The minimum absolute atomic E-state index is 0.0249. The van der Waals surface area contributed by atoms with E-state index in [0.29, 0.717) is 10.6 Å². The number of benzene rings is 1. The lowest BCUT2D eigenvalue weighted by molar-refractivity contribution is 0.0628. The number of thioether (sulfide) groups is 1. The van der Waals surface area contributed by atoms with Gasteiger partial charge in [-0.05, 0) is 24.5 Å². The molecule has 0 N–H and O–H groups in total. The minimum Gasteiger partial charge on any atom is -0.336 e. The van der Waals surface area contributed by atoms with Gasteiger partial charge in [0.2, 0.25) is 0 Å². The zero-order valence-corrected chi connectivity index (χ0v) is 15.5. The highest BCUT2D eigenvalue weighted by atomic mass is 35.5. The van der Waals surface area contributed by atoms with Crippen LogP contribution in [0.3, 0.4) is 0 Å². The van der Waals surface area contributed by atoms with E-state index in [0.717, 1.165) is 37.6 Å². The molecular formula is C17H21ClN4OS. The number of halogens is 1. The van der Waals surface area contributed by atoms with Crippen molar-refractivity contribution in [2.75, 3.05) is 32.4 Å². The van der Waals surface area contributed by atoms with Crippen molar-refractivity contribution in [1.82, 2.24) is 19.6 Å². The van der Waals surface area contributed by atoms with Gasteiger partial charge in [-0.25, -0.2) is 0 Å². The summed E-state index contributed by atoms with van der Waals surface area (Å²) in [6.45, 7) is 4.04. The van der Waals surface area contributed by atoms with Gasteiger partial charge in [0.1, 0.15) is 0 Å². The Morgan fingerprint density at radius 3 is 2.67 bits per heavy atom. The van der Waals surface area contributed by atoms with Gasteiger partial charge in [-0.15, -0.1) is 11.8 Å². The van der Waals surface area contributed by atoms with Crippen LogP contribution in [0.5, 0.6) is 0 Å². The lowest BCUT2D eigenvalue weighted by Gasteiger charge is -2.34. The van der Waals surface area contributed by atoms with Crippen LogP contribution in [0.25, 0.3) is 0 Å². The van der Waals surface area contributed by atoms with E-state index in [1.54, 1.807) is 17.8 Å². The number of carbonyl (C=O) groups excluding carboxylic acids is 1. The van der Waals surface area contributed by atoms with Crippen LogP contribution in [-0.4, -0.2) is 57.9 Å². The number of hydrogen-bond donors (Lipinski definition) is 0. The number of carbonyl (C=O) groups is 1. The van der Waals surface area contributed by atoms with Crippen molar-refractivity contribution in [2.24, 2.45) is 7.05 Å². The van der Waals surface area contributed by atoms with Gasteiger partial charge < -0.3 is 4.90 Å². The summed E-state index contributed by atoms with van der Waals surface area (Å²) in [5.74, 6) is 0.0249. The van der Waals surface area contributed by atoms with Gasteiger partial charge in [0.25, 0.3) is 5.91 Å². The molecule has 0 radical (unpaired) electrons. The molecule has 2 heterocycles. The third kappa shape index (κ3) is 3.94. The van der Waals surface area contributed by atoms with Gasteiger partial charge in [-0.1, -0.05) is 11.6 Å². The summed E-state index contributed by atoms with van der Waals surface area (Å²) in [5, 5.41) is 4.72. The van der Waals surface area contributed by atoms with Gasteiger partial charge in [0, 0.05) is 56.4 Å². The van der Waals surface area contributed by atoms with Crippen LogP contribution in [0.15, 0.2) is 35.5 Å². The van der Waals surface area contributed by atoms with Crippen LogP contribution in [-0.2, 0) is 13.6 Å². The molecule has 1 fully saturated rings. The molecule has 2 aromatic rings. The van der Waals surface area contributed by atoms with E-state index in [1.165, 1.54) is 5.56 Å². The van der Waals surface area contributed by atoms with Gasteiger partial charge in [0.15, 0.2) is 0 Å². The smallest absolute Gasteiger partial charge is 0.255 e. The molecule has 1 aromatic carbocycles. The number of piperazine rings is 1. The minimum atomic E-state index is 0.0249. The summed E-state index contributed by atoms with van der Waals surface area (Å²) >= 11 is 7.84. The summed E-state index contributed by atoms with van der Waals surface area (Å²) in [6.07, 6.45) is 5.92. The quantitative estimate of drug-likeness (QED) is 0.782. The Kier molecular flexibility index (Phi) is 5.48. The zero-order chi connectivity index (χ0) is 17.1. The predicted molar refractivity (Wildman–Crippen MR) is 97.6 cm³/mol. The van der Waals surface area contributed by atoms with Crippen molar-refractivity contribution in [3.63, 3.8) is 0 Å². The van der Waals surface area contributed by atoms with E-state index in [1.807, 2.05) is 47.4 Å². The first-order valence-corrected chi connectivity index (χ1v) is 9.50. The molecule has 128 valence electrons. The van der Waals surface area contributed by atoms with E-state index in [2.05, 4.69) is 10.00 Å². The van der Waals surface area contributed by atoms with Crippen molar-refractivity contribution in [1.29, 1.82) is 0 Å². The van der Waals surface area contributed by atoms with Crippen molar-refractivity contribution in [3.8, 4) is 0 Å². The molecule has 1 amide bonds. The summed E-state index contributed by atoms with van der Waals surface area (Å²) in [6, 6.07) is 5.63. The normalized spacial score (nSPS) is 15.7. The second-order valence-electron chi connectivity index (χ2n) is 5.94. The highest BCUT2D eigenvalue weighted by Gasteiger charge is 2.24.